The summed E-state index contributed by atoms with van der Waals surface area (Å²) in [6.45, 7) is 1.99. The van der Waals surface area contributed by atoms with E-state index in [9.17, 15) is 4.79 Å². The number of carboxylic acids is 1. The van der Waals surface area contributed by atoms with Crippen molar-refractivity contribution in [2.24, 2.45) is 0 Å². The molecule has 8 heteroatoms. The molecule has 2 heterocycles. The van der Waals surface area contributed by atoms with E-state index in [0.717, 1.165) is 22.4 Å². The van der Waals surface area contributed by atoms with Crippen LogP contribution in [0.15, 0.2) is 42.9 Å². The van der Waals surface area contributed by atoms with Crippen molar-refractivity contribution >= 4 is 17.6 Å². The molecule has 0 fully saturated rings. The number of hydrogen-bond donors (Lipinski definition) is 2. The summed E-state index contributed by atoms with van der Waals surface area (Å²) in [5.41, 5.74) is 3.65. The molecule has 0 spiro atoms. The molecule has 3 aromatic rings. The predicted molar refractivity (Wildman–Crippen MR) is 100 cm³/mol. The van der Waals surface area contributed by atoms with Gasteiger partial charge in [-0.1, -0.05) is 6.07 Å². The number of aliphatic carboxylic acids is 1. The maximum Gasteiger partial charge on any atom is 0.303 e. The van der Waals surface area contributed by atoms with Crippen LogP contribution in [0.2, 0.25) is 0 Å². The van der Waals surface area contributed by atoms with Crippen molar-refractivity contribution in [2.75, 3.05) is 12.4 Å². The van der Waals surface area contributed by atoms with E-state index in [2.05, 4.69) is 25.3 Å². The summed E-state index contributed by atoms with van der Waals surface area (Å²) in [6.07, 6.45) is 5.34. The van der Waals surface area contributed by atoms with Gasteiger partial charge in [0.2, 0.25) is 11.8 Å². The van der Waals surface area contributed by atoms with E-state index < -0.39 is 5.97 Å². The Hall–Kier alpha value is -3.55. The van der Waals surface area contributed by atoms with Gasteiger partial charge in [0.25, 0.3) is 0 Å². The Balaban J connectivity index is 1.81. The summed E-state index contributed by atoms with van der Waals surface area (Å²) in [7, 11) is 1.55. The Morgan fingerprint density at radius 3 is 2.63 bits per heavy atom. The number of carbonyl (C=O) groups is 1. The van der Waals surface area contributed by atoms with Gasteiger partial charge in [-0.15, -0.1) is 0 Å². The maximum absolute atomic E-state index is 10.6. The lowest BCUT2D eigenvalue weighted by Gasteiger charge is -2.10. The summed E-state index contributed by atoms with van der Waals surface area (Å²) in [5.74, 6) is 0.561. The zero-order valence-corrected chi connectivity index (χ0v) is 15.0. The van der Waals surface area contributed by atoms with E-state index in [4.69, 9.17) is 9.84 Å². The summed E-state index contributed by atoms with van der Waals surface area (Å²) in [5, 5.41) is 11.9. The molecule has 27 heavy (non-hydrogen) atoms. The second kappa shape index (κ2) is 8.22. The van der Waals surface area contributed by atoms with Gasteiger partial charge in [-0.05, 0) is 30.2 Å². The molecule has 2 N–H and O–H groups in total. The molecule has 0 aliphatic carbocycles. The molecule has 0 amide bonds. The standard InChI is InChI=1S/C19H19N5O3/c1-12-7-13(14-10-21-16(22-11-14)3-4-18(25)26)9-15(8-12)23-19-20-6-5-17(24-19)27-2/h5-11H,3-4H2,1-2H3,(H,25,26)(H,20,23,24). The van der Waals surface area contributed by atoms with Crippen LogP contribution >= 0.6 is 0 Å². The minimum Gasteiger partial charge on any atom is -0.481 e. The summed E-state index contributed by atoms with van der Waals surface area (Å²) >= 11 is 0. The summed E-state index contributed by atoms with van der Waals surface area (Å²) in [4.78, 5) is 27.6. The van der Waals surface area contributed by atoms with Crippen LogP contribution in [0.3, 0.4) is 0 Å². The van der Waals surface area contributed by atoms with Crippen molar-refractivity contribution in [3.8, 4) is 17.0 Å². The molecule has 0 aliphatic rings. The number of methoxy groups -OCH3 is 1. The van der Waals surface area contributed by atoms with Gasteiger partial charge in [-0.25, -0.2) is 15.0 Å². The van der Waals surface area contributed by atoms with E-state index in [-0.39, 0.29) is 6.42 Å². The third kappa shape index (κ3) is 4.97. The van der Waals surface area contributed by atoms with Crippen LogP contribution in [0, 0.1) is 6.92 Å². The molecule has 3 rings (SSSR count). The Labute approximate surface area is 156 Å². The highest BCUT2D eigenvalue weighted by Gasteiger charge is 2.07. The van der Waals surface area contributed by atoms with E-state index in [1.54, 1.807) is 31.8 Å². The average Bonchev–Trinajstić information content (AvgIpc) is 2.66. The first-order valence-electron chi connectivity index (χ1n) is 8.32. The van der Waals surface area contributed by atoms with Crippen LogP contribution in [-0.4, -0.2) is 38.1 Å². The number of rotatable bonds is 7. The zero-order valence-electron chi connectivity index (χ0n) is 15.0. The summed E-state index contributed by atoms with van der Waals surface area (Å²) in [6, 6.07) is 7.63. The first-order chi connectivity index (χ1) is 13.0. The van der Waals surface area contributed by atoms with Crippen molar-refractivity contribution in [2.45, 2.75) is 19.8 Å². The highest BCUT2D eigenvalue weighted by Crippen LogP contribution is 2.25. The maximum atomic E-state index is 10.6. The molecule has 2 aromatic heterocycles. The van der Waals surface area contributed by atoms with Gasteiger partial charge in [-0.2, -0.15) is 4.98 Å². The van der Waals surface area contributed by atoms with Crippen LogP contribution in [0.1, 0.15) is 17.8 Å². The first kappa shape index (κ1) is 18.2. The molecule has 0 saturated heterocycles. The van der Waals surface area contributed by atoms with Gasteiger partial charge < -0.3 is 15.2 Å². The SMILES string of the molecule is COc1ccnc(Nc2cc(C)cc(-c3cnc(CCC(=O)O)nc3)c2)n1. The molecule has 0 aliphatic heterocycles. The molecular weight excluding hydrogens is 346 g/mol. The molecule has 138 valence electrons. The Bertz CT molecular complexity index is 944. The van der Waals surface area contributed by atoms with Crippen molar-refractivity contribution in [3.63, 3.8) is 0 Å². The molecular formula is C19H19N5O3. The number of ether oxygens (including phenoxy) is 1. The lowest BCUT2D eigenvalue weighted by molar-refractivity contribution is -0.137. The molecule has 0 saturated carbocycles. The number of anilines is 2. The first-order valence-corrected chi connectivity index (χ1v) is 8.32. The van der Waals surface area contributed by atoms with Gasteiger partial charge in [0, 0.05) is 42.3 Å². The highest BCUT2D eigenvalue weighted by atomic mass is 16.5. The highest BCUT2D eigenvalue weighted by molar-refractivity contribution is 5.70. The zero-order chi connectivity index (χ0) is 19.2. The fraction of sp³-hybridized carbons (Fsp3) is 0.211. The number of benzene rings is 1. The van der Waals surface area contributed by atoms with E-state index in [1.165, 1.54) is 0 Å². The fourth-order valence-electron chi connectivity index (χ4n) is 2.52. The van der Waals surface area contributed by atoms with Crippen molar-refractivity contribution in [1.29, 1.82) is 0 Å². The minimum absolute atomic E-state index is 0.0123. The largest absolute Gasteiger partial charge is 0.481 e. The van der Waals surface area contributed by atoms with Crippen LogP contribution in [0.5, 0.6) is 5.88 Å². The Morgan fingerprint density at radius 2 is 1.93 bits per heavy atom. The van der Waals surface area contributed by atoms with E-state index in [1.807, 2.05) is 25.1 Å². The van der Waals surface area contributed by atoms with Crippen LogP contribution in [0.4, 0.5) is 11.6 Å². The average molecular weight is 365 g/mol. The quantitative estimate of drug-likeness (QED) is 0.657. The number of hydrogen-bond acceptors (Lipinski definition) is 7. The number of nitrogens with zero attached hydrogens (tertiary/aromatic N) is 4. The topological polar surface area (TPSA) is 110 Å². The van der Waals surface area contributed by atoms with Gasteiger partial charge in [0.05, 0.1) is 13.5 Å². The predicted octanol–water partition coefficient (Wildman–Crippen LogP) is 3.01. The lowest BCUT2D eigenvalue weighted by Crippen LogP contribution is -2.01. The molecule has 8 nitrogen and oxygen atoms in total. The number of aryl methyl sites for hydroxylation is 2. The van der Waals surface area contributed by atoms with Gasteiger partial charge in [0.1, 0.15) is 5.82 Å². The third-order valence-corrected chi connectivity index (χ3v) is 3.77. The monoisotopic (exact) mass is 365 g/mol. The van der Waals surface area contributed by atoms with Crippen molar-refractivity contribution in [1.82, 2.24) is 19.9 Å². The van der Waals surface area contributed by atoms with Gasteiger partial charge >= 0.3 is 5.97 Å². The molecule has 0 atom stereocenters. The minimum atomic E-state index is -0.864. The number of carboxylic acid groups (broad SMARTS) is 1. The molecule has 1 aromatic carbocycles. The molecule has 0 bridgehead atoms. The number of aromatic nitrogens is 4. The Morgan fingerprint density at radius 1 is 1.15 bits per heavy atom. The Kier molecular flexibility index (Phi) is 5.55. The van der Waals surface area contributed by atoms with Gasteiger partial charge in [0.15, 0.2) is 0 Å². The van der Waals surface area contributed by atoms with Crippen LogP contribution in [0.25, 0.3) is 11.1 Å². The fourth-order valence-corrected chi connectivity index (χ4v) is 2.52. The second-order valence-corrected chi connectivity index (χ2v) is 5.92. The van der Waals surface area contributed by atoms with Crippen LogP contribution < -0.4 is 10.1 Å². The molecule has 0 unspecified atom stereocenters. The van der Waals surface area contributed by atoms with Crippen molar-refractivity contribution in [3.05, 3.63) is 54.2 Å². The lowest BCUT2D eigenvalue weighted by atomic mass is 10.1. The van der Waals surface area contributed by atoms with Crippen molar-refractivity contribution < 1.29 is 14.6 Å². The second-order valence-electron chi connectivity index (χ2n) is 5.92. The van der Waals surface area contributed by atoms with Crippen LogP contribution in [-0.2, 0) is 11.2 Å². The summed E-state index contributed by atoms with van der Waals surface area (Å²) < 4.78 is 5.11. The number of nitrogens with one attached hydrogen (secondary N) is 1. The van der Waals surface area contributed by atoms with E-state index in [0.29, 0.717) is 24.1 Å². The molecule has 0 radical (unpaired) electrons. The van der Waals surface area contributed by atoms with E-state index >= 15 is 0 Å². The third-order valence-electron chi connectivity index (χ3n) is 3.77. The normalized spacial score (nSPS) is 10.4. The van der Waals surface area contributed by atoms with Gasteiger partial charge in [-0.3, -0.25) is 4.79 Å². The smallest absolute Gasteiger partial charge is 0.303 e.